The number of thiophene rings is 1. The van der Waals surface area contributed by atoms with E-state index < -0.39 is 24.0 Å². The lowest BCUT2D eigenvalue weighted by molar-refractivity contribution is -0.135. The van der Waals surface area contributed by atoms with Gasteiger partial charge in [0.25, 0.3) is 5.91 Å². The molecule has 0 unspecified atom stereocenters. The Morgan fingerprint density at radius 3 is 2.73 bits per heavy atom. The molecular formula is C19H26N2O4S. The van der Waals surface area contributed by atoms with Crippen LogP contribution in [0.5, 0.6) is 0 Å². The molecule has 0 radical (unpaired) electrons. The number of hydrogen-bond acceptors (Lipinski definition) is 5. The Balaban J connectivity index is 1.65. The monoisotopic (exact) mass is 378 g/mol. The van der Waals surface area contributed by atoms with Gasteiger partial charge in [-0.2, -0.15) is 0 Å². The van der Waals surface area contributed by atoms with Gasteiger partial charge in [0.2, 0.25) is 0 Å². The number of hydrogen-bond donors (Lipinski definition) is 1. The van der Waals surface area contributed by atoms with Gasteiger partial charge >= 0.3 is 12.0 Å². The van der Waals surface area contributed by atoms with E-state index >= 15 is 0 Å². The third-order valence-electron chi connectivity index (χ3n) is 5.26. The van der Waals surface area contributed by atoms with E-state index in [-0.39, 0.29) is 5.41 Å². The van der Waals surface area contributed by atoms with E-state index in [0.717, 1.165) is 24.2 Å². The Morgan fingerprint density at radius 1 is 1.38 bits per heavy atom. The van der Waals surface area contributed by atoms with Crippen molar-refractivity contribution in [2.75, 3.05) is 13.1 Å². The maximum Gasteiger partial charge on any atom is 0.349 e. The lowest BCUT2D eigenvalue weighted by Gasteiger charge is -2.33. The summed E-state index contributed by atoms with van der Waals surface area (Å²) in [4.78, 5) is 39.2. The highest BCUT2D eigenvalue weighted by atomic mass is 32.1. The van der Waals surface area contributed by atoms with Crippen molar-refractivity contribution in [3.63, 3.8) is 0 Å². The number of amides is 3. The molecule has 2 atom stereocenters. The first-order valence-corrected chi connectivity index (χ1v) is 9.90. The van der Waals surface area contributed by atoms with Crippen LogP contribution >= 0.6 is 11.3 Å². The molecule has 0 spiro atoms. The molecule has 142 valence electrons. The summed E-state index contributed by atoms with van der Waals surface area (Å²) in [5, 5.41) is 2.57. The van der Waals surface area contributed by atoms with Crippen molar-refractivity contribution >= 4 is 29.2 Å². The molecule has 1 aliphatic carbocycles. The molecule has 1 aliphatic heterocycles. The highest BCUT2D eigenvalue weighted by molar-refractivity contribution is 7.14. The molecule has 0 bridgehead atoms. The molecule has 1 fully saturated rings. The summed E-state index contributed by atoms with van der Waals surface area (Å²) in [5.41, 5.74) is 1.48. The maximum absolute atomic E-state index is 12.5. The van der Waals surface area contributed by atoms with E-state index in [1.807, 2.05) is 6.07 Å². The minimum atomic E-state index is -0.979. The van der Waals surface area contributed by atoms with Gasteiger partial charge in [-0.15, -0.1) is 11.3 Å². The summed E-state index contributed by atoms with van der Waals surface area (Å²) in [6.45, 7) is 9.01. The minimum Gasteiger partial charge on any atom is -0.448 e. The van der Waals surface area contributed by atoms with Crippen LogP contribution in [0.2, 0.25) is 0 Å². The number of fused-ring (bicyclic) bond motifs is 1. The third-order valence-corrected chi connectivity index (χ3v) is 6.48. The van der Waals surface area contributed by atoms with Crippen molar-refractivity contribution < 1.29 is 19.1 Å². The van der Waals surface area contributed by atoms with Gasteiger partial charge in [0, 0.05) is 18.0 Å². The van der Waals surface area contributed by atoms with Gasteiger partial charge in [0.15, 0.2) is 6.10 Å². The molecule has 1 saturated heterocycles. The molecule has 1 aromatic heterocycles. The molecule has 2 aliphatic rings. The van der Waals surface area contributed by atoms with E-state index in [2.05, 4.69) is 26.1 Å². The number of carbonyl (C=O) groups excluding carboxylic acids is 3. The first-order valence-electron chi connectivity index (χ1n) is 9.08. The highest BCUT2D eigenvalue weighted by Crippen LogP contribution is 2.40. The highest BCUT2D eigenvalue weighted by Gasteiger charge is 2.33. The van der Waals surface area contributed by atoms with Crippen LogP contribution in [-0.4, -0.2) is 42.0 Å². The molecule has 0 aromatic carbocycles. The van der Waals surface area contributed by atoms with Crippen molar-refractivity contribution in [2.24, 2.45) is 11.3 Å². The van der Waals surface area contributed by atoms with Gasteiger partial charge in [-0.3, -0.25) is 9.69 Å². The summed E-state index contributed by atoms with van der Waals surface area (Å²) < 4.78 is 5.33. The molecule has 6 nitrogen and oxygen atoms in total. The van der Waals surface area contributed by atoms with Gasteiger partial charge < -0.3 is 10.1 Å². The Bertz CT molecular complexity index is 734. The average molecular weight is 378 g/mol. The Morgan fingerprint density at radius 2 is 2.12 bits per heavy atom. The van der Waals surface area contributed by atoms with Crippen molar-refractivity contribution in [3.05, 3.63) is 21.4 Å². The molecule has 1 aromatic rings. The molecule has 3 rings (SSSR count). The zero-order valence-corrected chi connectivity index (χ0v) is 16.6. The molecule has 26 heavy (non-hydrogen) atoms. The predicted molar refractivity (Wildman–Crippen MR) is 99.3 cm³/mol. The fraction of sp³-hybridized carbons (Fsp3) is 0.632. The summed E-state index contributed by atoms with van der Waals surface area (Å²) in [6.07, 6.45) is 2.11. The van der Waals surface area contributed by atoms with Gasteiger partial charge in [-0.1, -0.05) is 20.8 Å². The summed E-state index contributed by atoms with van der Waals surface area (Å²) in [7, 11) is 0. The van der Waals surface area contributed by atoms with E-state index in [4.69, 9.17) is 4.74 Å². The molecule has 2 heterocycles. The topological polar surface area (TPSA) is 75.7 Å². The van der Waals surface area contributed by atoms with Crippen molar-refractivity contribution in [1.29, 1.82) is 0 Å². The molecule has 0 saturated carbocycles. The van der Waals surface area contributed by atoms with Gasteiger partial charge in [0.1, 0.15) is 4.88 Å². The van der Waals surface area contributed by atoms with Gasteiger partial charge in [-0.05, 0) is 49.1 Å². The second kappa shape index (κ2) is 7.02. The zero-order chi connectivity index (χ0) is 19.1. The van der Waals surface area contributed by atoms with Crippen LogP contribution in [0, 0.1) is 11.3 Å². The van der Waals surface area contributed by atoms with E-state index in [9.17, 15) is 14.4 Å². The number of urea groups is 1. The molecular weight excluding hydrogens is 352 g/mol. The van der Waals surface area contributed by atoms with E-state index in [1.54, 1.807) is 0 Å². The number of ether oxygens (including phenoxy) is 1. The first kappa shape index (κ1) is 18.9. The SMILES string of the molecule is C[C@H](OC(=O)c1cc2c(s1)CC[C@@H](C(C)(C)C)C2)C(=O)N1CCNC1=O. The summed E-state index contributed by atoms with van der Waals surface area (Å²) in [6, 6.07) is 1.48. The molecule has 1 N–H and O–H groups in total. The van der Waals surface area contributed by atoms with Gasteiger partial charge in [0.05, 0.1) is 0 Å². The van der Waals surface area contributed by atoms with Crippen LogP contribution < -0.4 is 5.32 Å². The van der Waals surface area contributed by atoms with Crippen LogP contribution in [0.3, 0.4) is 0 Å². The fourth-order valence-electron chi connectivity index (χ4n) is 3.53. The second-order valence-electron chi connectivity index (χ2n) is 8.13. The number of nitrogens with one attached hydrogen (secondary N) is 1. The quantitative estimate of drug-likeness (QED) is 0.821. The number of esters is 1. The standard InChI is InChI=1S/C19H26N2O4S/c1-11(16(22)21-8-7-20-18(21)24)25-17(23)15-10-12-9-13(19(2,3)4)5-6-14(12)26-15/h10-11,13H,5-9H2,1-4H3,(H,20,24)/t11-,13+/m0/s1. The maximum atomic E-state index is 12.5. The van der Waals surface area contributed by atoms with Crippen LogP contribution in [0.4, 0.5) is 4.79 Å². The van der Waals surface area contributed by atoms with Crippen LogP contribution in [-0.2, 0) is 22.4 Å². The number of rotatable bonds is 3. The van der Waals surface area contributed by atoms with Gasteiger partial charge in [-0.25, -0.2) is 9.59 Å². The average Bonchev–Trinajstić information content (AvgIpc) is 3.18. The summed E-state index contributed by atoms with van der Waals surface area (Å²) in [5.74, 6) is -0.373. The number of aryl methyl sites for hydroxylation is 1. The van der Waals surface area contributed by atoms with Crippen LogP contribution in [0.25, 0.3) is 0 Å². The Kier molecular flexibility index (Phi) is 5.10. The Hall–Kier alpha value is -1.89. The van der Waals surface area contributed by atoms with Crippen molar-refractivity contribution in [1.82, 2.24) is 10.2 Å². The lowest BCUT2D eigenvalue weighted by Crippen LogP contribution is -2.41. The summed E-state index contributed by atoms with van der Waals surface area (Å²) >= 11 is 1.46. The second-order valence-corrected chi connectivity index (χ2v) is 9.27. The smallest absolute Gasteiger partial charge is 0.349 e. The molecule has 3 amide bonds. The lowest BCUT2D eigenvalue weighted by atomic mass is 9.72. The predicted octanol–water partition coefficient (Wildman–Crippen LogP) is 3.00. The number of nitrogens with zero attached hydrogens (tertiary/aromatic N) is 1. The largest absolute Gasteiger partial charge is 0.448 e. The van der Waals surface area contributed by atoms with Crippen LogP contribution in [0.15, 0.2) is 6.07 Å². The Labute approximate surface area is 157 Å². The third kappa shape index (κ3) is 3.77. The number of imide groups is 1. The number of carbonyl (C=O) groups is 3. The van der Waals surface area contributed by atoms with Crippen molar-refractivity contribution in [3.8, 4) is 0 Å². The van der Waals surface area contributed by atoms with E-state index in [0.29, 0.717) is 23.9 Å². The first-order chi connectivity index (χ1) is 12.2. The molecule has 7 heteroatoms. The van der Waals surface area contributed by atoms with Crippen LogP contribution in [0.1, 0.15) is 54.2 Å². The van der Waals surface area contributed by atoms with Crippen molar-refractivity contribution in [2.45, 2.75) is 53.1 Å². The zero-order valence-electron chi connectivity index (χ0n) is 15.8. The fourth-order valence-corrected chi connectivity index (χ4v) is 4.63. The normalized spacial score (nSPS) is 21.2. The van der Waals surface area contributed by atoms with E-state index in [1.165, 1.54) is 28.7 Å². The minimum absolute atomic E-state index is 0.248.